The highest BCUT2D eigenvalue weighted by atomic mass is 16.5. The number of amides is 1. The standard InChI is InChI=1S/C14H17NO6/c1-19-10-3-2-4-11(7-10)21-9-13(16)15-5-6-20-8-12(15)14(17)18/h2-4,7,12H,5-6,8-9H2,1H3,(H,17,18)/t12-/m0/s1. The monoisotopic (exact) mass is 295 g/mol. The summed E-state index contributed by atoms with van der Waals surface area (Å²) in [5, 5.41) is 9.08. The number of morpholine rings is 1. The summed E-state index contributed by atoms with van der Waals surface area (Å²) in [7, 11) is 1.54. The molecule has 1 amide bonds. The molecule has 0 unspecified atom stereocenters. The Kier molecular flexibility index (Phi) is 4.99. The van der Waals surface area contributed by atoms with E-state index in [-0.39, 0.29) is 25.7 Å². The highest BCUT2D eigenvalue weighted by Gasteiger charge is 2.32. The Morgan fingerprint density at radius 2 is 2.19 bits per heavy atom. The van der Waals surface area contributed by atoms with Gasteiger partial charge in [0.25, 0.3) is 5.91 Å². The maximum Gasteiger partial charge on any atom is 0.328 e. The van der Waals surface area contributed by atoms with E-state index in [0.717, 1.165) is 0 Å². The van der Waals surface area contributed by atoms with Gasteiger partial charge in [0.15, 0.2) is 12.6 Å². The zero-order valence-electron chi connectivity index (χ0n) is 11.7. The molecule has 7 heteroatoms. The SMILES string of the molecule is COc1cccc(OCC(=O)N2CCOC[C@H]2C(=O)O)c1. The Balaban J connectivity index is 1.95. The van der Waals surface area contributed by atoms with Gasteiger partial charge in [-0.1, -0.05) is 6.07 Å². The number of carboxylic acid groups (broad SMARTS) is 1. The number of carbonyl (C=O) groups is 2. The Morgan fingerprint density at radius 3 is 2.90 bits per heavy atom. The molecule has 0 aromatic heterocycles. The number of aliphatic carboxylic acids is 1. The number of hydrogen-bond donors (Lipinski definition) is 1. The van der Waals surface area contributed by atoms with Gasteiger partial charge in [-0.2, -0.15) is 0 Å². The molecule has 0 aliphatic carbocycles. The molecule has 1 heterocycles. The van der Waals surface area contributed by atoms with Gasteiger partial charge in [-0.25, -0.2) is 4.79 Å². The lowest BCUT2D eigenvalue weighted by Crippen LogP contribution is -2.53. The zero-order valence-corrected chi connectivity index (χ0v) is 11.7. The van der Waals surface area contributed by atoms with Crippen LogP contribution in [0.4, 0.5) is 0 Å². The third-order valence-corrected chi connectivity index (χ3v) is 3.14. The second-order valence-corrected chi connectivity index (χ2v) is 4.48. The summed E-state index contributed by atoms with van der Waals surface area (Å²) in [6, 6.07) is 5.90. The fourth-order valence-electron chi connectivity index (χ4n) is 2.03. The lowest BCUT2D eigenvalue weighted by molar-refractivity contribution is -0.159. The van der Waals surface area contributed by atoms with Crippen LogP contribution < -0.4 is 9.47 Å². The first-order valence-electron chi connectivity index (χ1n) is 6.48. The molecule has 0 spiro atoms. The predicted molar refractivity (Wildman–Crippen MR) is 72.4 cm³/mol. The number of hydrogen-bond acceptors (Lipinski definition) is 5. The first-order valence-corrected chi connectivity index (χ1v) is 6.48. The molecular weight excluding hydrogens is 278 g/mol. The highest BCUT2D eigenvalue weighted by molar-refractivity contribution is 5.84. The zero-order chi connectivity index (χ0) is 15.2. The molecule has 114 valence electrons. The summed E-state index contributed by atoms with van der Waals surface area (Å²) < 4.78 is 15.5. The van der Waals surface area contributed by atoms with Crippen molar-refractivity contribution in [1.29, 1.82) is 0 Å². The van der Waals surface area contributed by atoms with Crippen LogP contribution >= 0.6 is 0 Å². The summed E-state index contributed by atoms with van der Waals surface area (Å²) >= 11 is 0. The van der Waals surface area contributed by atoms with Crippen molar-refractivity contribution in [2.24, 2.45) is 0 Å². The van der Waals surface area contributed by atoms with Crippen LogP contribution in [0.3, 0.4) is 0 Å². The first kappa shape index (κ1) is 15.1. The van der Waals surface area contributed by atoms with Crippen LogP contribution in [0.2, 0.25) is 0 Å². The molecule has 1 aromatic carbocycles. The van der Waals surface area contributed by atoms with Crippen molar-refractivity contribution in [3.63, 3.8) is 0 Å². The minimum atomic E-state index is -1.08. The smallest absolute Gasteiger partial charge is 0.328 e. The van der Waals surface area contributed by atoms with Gasteiger partial charge >= 0.3 is 5.97 Å². The molecule has 2 rings (SSSR count). The molecule has 7 nitrogen and oxygen atoms in total. The normalized spacial score (nSPS) is 18.1. The topological polar surface area (TPSA) is 85.3 Å². The Labute approximate surface area is 122 Å². The second kappa shape index (κ2) is 6.94. The summed E-state index contributed by atoms with van der Waals surface area (Å²) in [5.41, 5.74) is 0. The summed E-state index contributed by atoms with van der Waals surface area (Å²) in [4.78, 5) is 24.5. The largest absolute Gasteiger partial charge is 0.497 e. The van der Waals surface area contributed by atoms with Crippen LogP contribution in [-0.2, 0) is 14.3 Å². The maximum absolute atomic E-state index is 12.1. The van der Waals surface area contributed by atoms with Gasteiger partial charge in [-0.05, 0) is 12.1 Å². The number of benzene rings is 1. The molecule has 1 N–H and O–H groups in total. The summed E-state index contributed by atoms with van der Waals surface area (Å²) in [6.07, 6.45) is 0. The van der Waals surface area contributed by atoms with E-state index in [1.54, 1.807) is 24.3 Å². The molecule has 1 fully saturated rings. The Hall–Kier alpha value is -2.28. The van der Waals surface area contributed by atoms with Crippen molar-refractivity contribution in [2.75, 3.05) is 33.5 Å². The number of nitrogens with zero attached hydrogens (tertiary/aromatic N) is 1. The number of carbonyl (C=O) groups excluding carboxylic acids is 1. The van der Waals surface area contributed by atoms with Crippen LogP contribution in [0.15, 0.2) is 24.3 Å². The fourth-order valence-corrected chi connectivity index (χ4v) is 2.03. The van der Waals surface area contributed by atoms with E-state index in [1.165, 1.54) is 12.0 Å². The third-order valence-electron chi connectivity index (χ3n) is 3.14. The maximum atomic E-state index is 12.1. The third kappa shape index (κ3) is 3.85. The predicted octanol–water partition coefficient (Wildman–Crippen LogP) is 0.386. The molecule has 1 atom stereocenters. The van der Waals surface area contributed by atoms with Crippen molar-refractivity contribution in [2.45, 2.75) is 6.04 Å². The molecular formula is C14H17NO6. The van der Waals surface area contributed by atoms with Gasteiger partial charge in [-0.15, -0.1) is 0 Å². The quantitative estimate of drug-likeness (QED) is 0.845. The molecule has 1 aliphatic heterocycles. The van der Waals surface area contributed by atoms with E-state index in [1.807, 2.05) is 0 Å². The number of rotatable bonds is 5. The average Bonchev–Trinajstić information content (AvgIpc) is 2.52. The van der Waals surface area contributed by atoms with Crippen molar-refractivity contribution in [3.8, 4) is 11.5 Å². The van der Waals surface area contributed by atoms with Crippen molar-refractivity contribution in [3.05, 3.63) is 24.3 Å². The van der Waals surface area contributed by atoms with Gasteiger partial charge in [0, 0.05) is 12.6 Å². The number of ether oxygens (including phenoxy) is 3. The average molecular weight is 295 g/mol. The fraction of sp³-hybridized carbons (Fsp3) is 0.429. The molecule has 0 bridgehead atoms. The van der Waals surface area contributed by atoms with Crippen molar-refractivity contribution >= 4 is 11.9 Å². The van der Waals surface area contributed by atoms with E-state index in [4.69, 9.17) is 19.3 Å². The van der Waals surface area contributed by atoms with E-state index >= 15 is 0 Å². The molecule has 1 aromatic rings. The Bertz CT molecular complexity index is 518. The van der Waals surface area contributed by atoms with E-state index in [0.29, 0.717) is 18.1 Å². The van der Waals surface area contributed by atoms with Crippen LogP contribution in [0.25, 0.3) is 0 Å². The highest BCUT2D eigenvalue weighted by Crippen LogP contribution is 2.19. The van der Waals surface area contributed by atoms with Crippen LogP contribution in [0.5, 0.6) is 11.5 Å². The van der Waals surface area contributed by atoms with Crippen LogP contribution in [0, 0.1) is 0 Å². The van der Waals surface area contributed by atoms with Gasteiger partial charge in [0.2, 0.25) is 0 Å². The lowest BCUT2D eigenvalue weighted by atomic mass is 10.2. The molecule has 0 radical (unpaired) electrons. The van der Waals surface area contributed by atoms with Gasteiger partial charge in [-0.3, -0.25) is 4.79 Å². The minimum Gasteiger partial charge on any atom is -0.497 e. The first-order chi connectivity index (χ1) is 10.1. The number of methoxy groups -OCH3 is 1. The molecule has 0 saturated carbocycles. The Morgan fingerprint density at radius 1 is 1.43 bits per heavy atom. The lowest BCUT2D eigenvalue weighted by Gasteiger charge is -2.32. The van der Waals surface area contributed by atoms with Crippen LogP contribution in [0.1, 0.15) is 0 Å². The van der Waals surface area contributed by atoms with Gasteiger partial charge in [0.1, 0.15) is 11.5 Å². The van der Waals surface area contributed by atoms with E-state index in [9.17, 15) is 9.59 Å². The second-order valence-electron chi connectivity index (χ2n) is 4.48. The minimum absolute atomic E-state index is 0.000231. The summed E-state index contributed by atoms with van der Waals surface area (Å²) in [6.45, 7) is 0.350. The van der Waals surface area contributed by atoms with E-state index in [2.05, 4.69) is 0 Å². The molecule has 1 aliphatic rings. The van der Waals surface area contributed by atoms with E-state index < -0.39 is 12.0 Å². The van der Waals surface area contributed by atoms with Crippen molar-refractivity contribution < 1.29 is 28.9 Å². The summed E-state index contributed by atoms with van der Waals surface area (Å²) in [5.74, 6) is -0.351. The number of carboxylic acids is 1. The van der Waals surface area contributed by atoms with Crippen LogP contribution in [-0.4, -0.2) is 61.4 Å². The van der Waals surface area contributed by atoms with Crippen molar-refractivity contribution in [1.82, 2.24) is 4.90 Å². The van der Waals surface area contributed by atoms with Gasteiger partial charge in [0.05, 0.1) is 20.3 Å². The molecule has 21 heavy (non-hydrogen) atoms. The van der Waals surface area contributed by atoms with Gasteiger partial charge < -0.3 is 24.2 Å². The molecule has 1 saturated heterocycles.